The molecule has 4 rings (SSSR count). The van der Waals surface area contributed by atoms with Gasteiger partial charge in [0.25, 0.3) is 8.32 Å². The van der Waals surface area contributed by atoms with Crippen molar-refractivity contribution in [1.82, 2.24) is 4.98 Å². The maximum absolute atomic E-state index is 13.3. The van der Waals surface area contributed by atoms with Gasteiger partial charge in [0.1, 0.15) is 5.82 Å². The van der Waals surface area contributed by atoms with Gasteiger partial charge in [0.05, 0.1) is 18.0 Å². The lowest BCUT2D eigenvalue weighted by atomic mass is 10.1. The number of aromatic nitrogens is 1. The molecule has 0 atom stereocenters. The van der Waals surface area contributed by atoms with Gasteiger partial charge in [-0.05, 0) is 51.8 Å². The number of benzene rings is 3. The third-order valence-electron chi connectivity index (χ3n) is 5.80. The van der Waals surface area contributed by atoms with Crippen molar-refractivity contribution in [2.24, 2.45) is 0 Å². The Balaban J connectivity index is 1.73. The summed E-state index contributed by atoms with van der Waals surface area (Å²) in [5.41, 5.74) is 2.56. The molecule has 0 fully saturated rings. The Labute approximate surface area is 190 Å². The van der Waals surface area contributed by atoms with Crippen molar-refractivity contribution in [1.29, 1.82) is 0 Å². The van der Waals surface area contributed by atoms with E-state index in [9.17, 15) is 4.39 Å². The van der Waals surface area contributed by atoms with Crippen molar-refractivity contribution in [2.75, 3.05) is 0 Å². The first-order chi connectivity index (χ1) is 15.4. The topological polar surface area (TPSA) is 22.1 Å². The Morgan fingerprint density at radius 1 is 0.719 bits per heavy atom. The maximum Gasteiger partial charge on any atom is 0.261 e. The molecule has 0 amide bonds. The molecule has 1 aromatic heterocycles. The fourth-order valence-electron chi connectivity index (χ4n) is 4.29. The van der Waals surface area contributed by atoms with Gasteiger partial charge in [-0.25, -0.2) is 4.39 Å². The van der Waals surface area contributed by atoms with E-state index in [1.54, 1.807) is 12.1 Å². The molecule has 0 bridgehead atoms. The summed E-state index contributed by atoms with van der Waals surface area (Å²) in [5.74, 6) is -0.250. The average molecular weight is 442 g/mol. The van der Waals surface area contributed by atoms with E-state index in [4.69, 9.17) is 9.41 Å². The van der Waals surface area contributed by atoms with Crippen molar-refractivity contribution in [2.45, 2.75) is 32.4 Å². The number of rotatable bonds is 6. The molecule has 2 nitrogen and oxygen atoms in total. The van der Waals surface area contributed by atoms with Crippen LogP contribution in [0.5, 0.6) is 0 Å². The predicted molar refractivity (Wildman–Crippen MR) is 132 cm³/mol. The number of pyridine rings is 1. The molecular formula is C28H28FNOSi. The Morgan fingerprint density at radius 2 is 1.28 bits per heavy atom. The molecule has 162 valence electrons. The van der Waals surface area contributed by atoms with Gasteiger partial charge >= 0.3 is 0 Å². The van der Waals surface area contributed by atoms with Gasteiger partial charge in [-0.2, -0.15) is 0 Å². The van der Waals surface area contributed by atoms with Crippen molar-refractivity contribution in [3.05, 3.63) is 115 Å². The second-order valence-electron chi connectivity index (χ2n) is 8.97. The molecule has 0 saturated heterocycles. The molecule has 0 saturated carbocycles. The van der Waals surface area contributed by atoms with Crippen molar-refractivity contribution in [3.63, 3.8) is 0 Å². The van der Waals surface area contributed by atoms with Gasteiger partial charge in [-0.15, -0.1) is 0 Å². The molecule has 0 spiro atoms. The normalized spacial score (nSPS) is 12.0. The summed E-state index contributed by atoms with van der Waals surface area (Å²) >= 11 is 0. The summed E-state index contributed by atoms with van der Waals surface area (Å²) in [5, 5.41) is 2.39. The highest BCUT2D eigenvalue weighted by atomic mass is 28.4. The summed E-state index contributed by atoms with van der Waals surface area (Å²) in [4.78, 5) is 4.82. The Hall–Kier alpha value is -3.08. The molecule has 3 aromatic carbocycles. The second kappa shape index (κ2) is 9.19. The van der Waals surface area contributed by atoms with Crippen molar-refractivity contribution in [3.8, 4) is 11.3 Å². The molecule has 0 radical (unpaired) electrons. The Morgan fingerprint density at radius 3 is 1.81 bits per heavy atom. The van der Waals surface area contributed by atoms with Crippen LogP contribution in [-0.2, 0) is 11.0 Å². The van der Waals surface area contributed by atoms with Gasteiger partial charge in [-0.3, -0.25) is 4.98 Å². The van der Waals surface area contributed by atoms with Crippen LogP contribution < -0.4 is 10.4 Å². The summed E-state index contributed by atoms with van der Waals surface area (Å²) in [7, 11) is -2.63. The van der Waals surface area contributed by atoms with E-state index in [0.717, 1.165) is 17.0 Å². The lowest BCUT2D eigenvalue weighted by Gasteiger charge is -2.43. The van der Waals surface area contributed by atoms with Crippen LogP contribution in [0.25, 0.3) is 11.3 Å². The first-order valence-electron chi connectivity index (χ1n) is 10.9. The van der Waals surface area contributed by atoms with Crippen LogP contribution in [0.15, 0.2) is 103 Å². The molecule has 4 heteroatoms. The monoisotopic (exact) mass is 441 g/mol. The zero-order valence-electron chi connectivity index (χ0n) is 18.8. The fraction of sp³-hybridized carbons (Fsp3) is 0.179. The van der Waals surface area contributed by atoms with Crippen LogP contribution in [0.2, 0.25) is 5.04 Å². The molecular weight excluding hydrogens is 413 g/mol. The average Bonchev–Trinajstić information content (AvgIpc) is 2.81. The van der Waals surface area contributed by atoms with Gasteiger partial charge in [0.2, 0.25) is 0 Å². The minimum Gasteiger partial charge on any atom is -0.401 e. The SMILES string of the molecule is CC(C)(C)[Si](OCc1cccc(-c2ccc(F)cc2)n1)(c1ccccc1)c1ccccc1. The van der Waals surface area contributed by atoms with E-state index in [2.05, 4.69) is 69.3 Å². The minimum atomic E-state index is -2.63. The van der Waals surface area contributed by atoms with Crippen LogP contribution in [0, 0.1) is 5.82 Å². The highest BCUT2D eigenvalue weighted by molar-refractivity contribution is 6.99. The van der Waals surface area contributed by atoms with Crippen LogP contribution in [0.4, 0.5) is 4.39 Å². The molecule has 0 N–H and O–H groups in total. The first-order valence-corrected chi connectivity index (χ1v) is 12.8. The number of hydrogen-bond donors (Lipinski definition) is 0. The van der Waals surface area contributed by atoms with Gasteiger partial charge in [0, 0.05) is 5.56 Å². The van der Waals surface area contributed by atoms with E-state index >= 15 is 0 Å². The minimum absolute atomic E-state index is 0.0930. The maximum atomic E-state index is 13.3. The predicted octanol–water partition coefficient (Wildman–Crippen LogP) is 5.96. The molecule has 32 heavy (non-hydrogen) atoms. The fourth-order valence-corrected chi connectivity index (χ4v) is 8.81. The standard InChI is InChI=1S/C28H28FNOSi/c1-28(2,3)32(25-12-6-4-7-13-25,26-14-8-5-9-15-26)31-21-24-11-10-16-27(30-24)22-17-19-23(29)20-18-22/h4-20H,21H2,1-3H3. The highest BCUT2D eigenvalue weighted by Crippen LogP contribution is 2.37. The third kappa shape index (κ3) is 4.43. The Bertz CT molecular complexity index is 1120. The van der Waals surface area contributed by atoms with Gasteiger partial charge in [-0.1, -0.05) is 87.5 Å². The molecule has 0 aliphatic carbocycles. The molecule has 1 heterocycles. The molecule has 0 unspecified atom stereocenters. The van der Waals surface area contributed by atoms with Crippen molar-refractivity contribution < 1.29 is 8.82 Å². The number of hydrogen-bond acceptors (Lipinski definition) is 2. The van der Waals surface area contributed by atoms with Crippen LogP contribution in [0.3, 0.4) is 0 Å². The highest BCUT2D eigenvalue weighted by Gasteiger charge is 2.50. The number of nitrogens with zero attached hydrogens (tertiary/aromatic N) is 1. The molecule has 4 aromatic rings. The van der Waals surface area contributed by atoms with E-state index in [0.29, 0.717) is 6.61 Å². The summed E-state index contributed by atoms with van der Waals surface area (Å²) in [6, 6.07) is 33.5. The largest absolute Gasteiger partial charge is 0.401 e. The van der Waals surface area contributed by atoms with E-state index in [1.807, 2.05) is 30.3 Å². The molecule has 0 aliphatic heterocycles. The summed E-state index contributed by atoms with van der Waals surface area (Å²) in [6.07, 6.45) is 0. The smallest absolute Gasteiger partial charge is 0.261 e. The zero-order valence-corrected chi connectivity index (χ0v) is 19.8. The quantitative estimate of drug-likeness (QED) is 0.344. The van der Waals surface area contributed by atoms with Crippen LogP contribution in [0.1, 0.15) is 26.5 Å². The van der Waals surface area contributed by atoms with Crippen molar-refractivity contribution >= 4 is 18.7 Å². The molecule has 0 aliphatic rings. The second-order valence-corrected chi connectivity index (χ2v) is 13.3. The van der Waals surface area contributed by atoms with Crippen LogP contribution in [-0.4, -0.2) is 13.3 Å². The third-order valence-corrected chi connectivity index (χ3v) is 10.8. The summed E-state index contributed by atoms with van der Waals surface area (Å²) in [6.45, 7) is 7.20. The lowest BCUT2D eigenvalue weighted by Crippen LogP contribution is -2.66. The summed E-state index contributed by atoms with van der Waals surface area (Å²) < 4.78 is 20.3. The van der Waals surface area contributed by atoms with Gasteiger partial charge < -0.3 is 4.43 Å². The first kappa shape index (κ1) is 22.1. The van der Waals surface area contributed by atoms with E-state index < -0.39 is 8.32 Å². The zero-order chi connectivity index (χ0) is 22.6. The lowest BCUT2D eigenvalue weighted by molar-refractivity contribution is 0.282. The number of halogens is 1. The van der Waals surface area contributed by atoms with E-state index in [-0.39, 0.29) is 10.9 Å². The van der Waals surface area contributed by atoms with E-state index in [1.165, 1.54) is 22.5 Å². The Kier molecular flexibility index (Phi) is 6.35. The van der Waals surface area contributed by atoms with Crippen LogP contribution >= 0.6 is 0 Å². The van der Waals surface area contributed by atoms with Gasteiger partial charge in [0.15, 0.2) is 0 Å².